The Kier molecular flexibility index (Phi) is 13.9. The molecule has 2 atom stereocenters. The molecule has 2 unspecified atom stereocenters. The fourth-order valence-electron chi connectivity index (χ4n) is 7.93. The van der Waals surface area contributed by atoms with Crippen LogP contribution >= 0.6 is 0 Å². The molecule has 304 valence electrons. The molecule has 58 heavy (non-hydrogen) atoms. The van der Waals surface area contributed by atoms with E-state index < -0.39 is 0 Å². The molecule has 1 N–H and O–H groups in total. The number of hydrogen-bond donors (Lipinski definition) is 1. The molecule has 0 spiro atoms. The zero-order valence-corrected chi connectivity index (χ0v) is 34.0. The Hall–Kier alpha value is -5.52. The van der Waals surface area contributed by atoms with Crippen LogP contribution in [0.15, 0.2) is 109 Å². The van der Waals surface area contributed by atoms with Gasteiger partial charge in [-0.15, -0.1) is 0 Å². The van der Waals surface area contributed by atoms with Gasteiger partial charge in [-0.3, -0.25) is 0 Å². The summed E-state index contributed by atoms with van der Waals surface area (Å²) in [5, 5.41) is 7.50. The molecule has 0 aliphatic carbocycles. The first-order chi connectivity index (χ1) is 28.6. The first-order valence-electron chi connectivity index (χ1n) is 19.7. The summed E-state index contributed by atoms with van der Waals surface area (Å²) in [6.45, 7) is 3.50. The normalized spacial score (nSPS) is 16.6. The summed E-state index contributed by atoms with van der Waals surface area (Å²) < 4.78 is 54.7. The minimum Gasteiger partial charge on any atom is -0.496 e. The van der Waals surface area contributed by atoms with Crippen LogP contribution in [0, 0.1) is 0 Å². The standard InChI is InChI=1S/C48H53NO9/c1-50-41-18-11-6-13-33(41)29-55-23-12-24-56-36-21-19-32(20-22-36)46-44(57-30-34-25-42(51-2)37-14-7-9-16-39(37)47(34)53-4)27-49-28-45(46)58-31-35-26-43(52-3)38-15-8-10-17-40(38)48(35)54-5/h6-11,13-22,25-26,44-46,49H,12,23-24,27-31H2,1-5H3. The lowest BCUT2D eigenvalue weighted by Crippen LogP contribution is -2.50. The van der Waals surface area contributed by atoms with E-state index in [1.54, 1.807) is 35.5 Å². The number of fused-ring (bicyclic) bond motifs is 2. The fourth-order valence-corrected chi connectivity index (χ4v) is 7.93. The number of para-hydroxylation sites is 1. The Balaban J connectivity index is 1.09. The third kappa shape index (κ3) is 9.11. The highest BCUT2D eigenvalue weighted by molar-refractivity contribution is 5.95. The molecule has 1 aliphatic heterocycles. The Bertz CT molecular complexity index is 2150. The molecular formula is C48H53NO9. The maximum Gasteiger partial charge on any atom is 0.132 e. The fraction of sp³-hybridized carbons (Fsp3) is 0.333. The van der Waals surface area contributed by atoms with Gasteiger partial charge in [0.05, 0.1) is 80.8 Å². The predicted molar refractivity (Wildman–Crippen MR) is 226 cm³/mol. The number of ether oxygens (including phenoxy) is 9. The van der Waals surface area contributed by atoms with Crippen LogP contribution in [0.1, 0.15) is 34.6 Å². The average molecular weight is 788 g/mol. The van der Waals surface area contributed by atoms with Gasteiger partial charge < -0.3 is 47.9 Å². The Morgan fingerprint density at radius 2 is 1.02 bits per heavy atom. The van der Waals surface area contributed by atoms with Crippen LogP contribution in [0.4, 0.5) is 0 Å². The number of rotatable bonds is 19. The van der Waals surface area contributed by atoms with Crippen LogP contribution in [-0.4, -0.2) is 74.1 Å². The first kappa shape index (κ1) is 40.7. The maximum absolute atomic E-state index is 6.85. The summed E-state index contributed by atoms with van der Waals surface area (Å²) in [6.07, 6.45) is 0.283. The van der Waals surface area contributed by atoms with Gasteiger partial charge >= 0.3 is 0 Å². The predicted octanol–water partition coefficient (Wildman–Crippen LogP) is 8.88. The van der Waals surface area contributed by atoms with E-state index in [0.29, 0.717) is 46.1 Å². The molecule has 1 fully saturated rings. The summed E-state index contributed by atoms with van der Waals surface area (Å²) in [5.41, 5.74) is 3.93. The van der Waals surface area contributed by atoms with Crippen molar-refractivity contribution in [1.82, 2.24) is 5.32 Å². The van der Waals surface area contributed by atoms with Crippen LogP contribution in [0.2, 0.25) is 0 Å². The summed E-state index contributed by atoms with van der Waals surface area (Å²) >= 11 is 0. The van der Waals surface area contributed by atoms with Gasteiger partial charge in [0.25, 0.3) is 0 Å². The number of methoxy groups -OCH3 is 5. The smallest absolute Gasteiger partial charge is 0.132 e. The monoisotopic (exact) mass is 787 g/mol. The number of piperidine rings is 1. The van der Waals surface area contributed by atoms with Crippen molar-refractivity contribution in [3.63, 3.8) is 0 Å². The van der Waals surface area contributed by atoms with Gasteiger partial charge in [0.2, 0.25) is 0 Å². The molecule has 1 aliphatic rings. The lowest BCUT2D eigenvalue weighted by Gasteiger charge is -2.39. The van der Waals surface area contributed by atoms with E-state index in [1.807, 2.05) is 97.1 Å². The van der Waals surface area contributed by atoms with Crippen molar-refractivity contribution < 1.29 is 42.6 Å². The van der Waals surface area contributed by atoms with Crippen molar-refractivity contribution >= 4 is 21.5 Å². The summed E-state index contributed by atoms with van der Waals surface area (Å²) in [5.74, 6) is 4.59. The molecule has 6 aromatic carbocycles. The van der Waals surface area contributed by atoms with Gasteiger partial charge in [-0.05, 0) is 35.9 Å². The van der Waals surface area contributed by atoms with Crippen LogP contribution < -0.4 is 33.7 Å². The van der Waals surface area contributed by atoms with E-state index in [0.717, 1.165) is 84.7 Å². The molecule has 0 bridgehead atoms. The molecule has 0 radical (unpaired) electrons. The summed E-state index contributed by atoms with van der Waals surface area (Å²) in [7, 11) is 8.44. The molecule has 0 saturated carbocycles. The molecule has 7 rings (SSSR count). The van der Waals surface area contributed by atoms with E-state index in [2.05, 4.69) is 17.4 Å². The maximum atomic E-state index is 6.85. The highest BCUT2D eigenvalue weighted by Crippen LogP contribution is 2.40. The molecule has 10 heteroatoms. The Morgan fingerprint density at radius 1 is 0.500 bits per heavy atom. The second kappa shape index (κ2) is 19.8. The molecule has 0 aromatic heterocycles. The highest BCUT2D eigenvalue weighted by Gasteiger charge is 2.37. The number of hydrogen-bond acceptors (Lipinski definition) is 10. The van der Waals surface area contributed by atoms with Crippen LogP contribution in [0.3, 0.4) is 0 Å². The SMILES string of the molecule is COc1ccccc1COCCCOc1ccc(C2C(OCc3cc(OC)c4ccccc4c3OC)CNCC2OCc2cc(OC)c3ccccc3c2OC)cc1. The zero-order chi connectivity index (χ0) is 40.3. The minimum atomic E-state index is -0.235. The average Bonchev–Trinajstić information content (AvgIpc) is 3.28. The Morgan fingerprint density at radius 3 is 1.55 bits per heavy atom. The lowest BCUT2D eigenvalue weighted by molar-refractivity contribution is -0.0655. The second-order valence-electron chi connectivity index (χ2n) is 14.2. The minimum absolute atomic E-state index is 0.111. The topological polar surface area (TPSA) is 95.1 Å². The van der Waals surface area contributed by atoms with Crippen molar-refractivity contribution in [2.75, 3.05) is 61.9 Å². The number of benzene rings is 6. The van der Waals surface area contributed by atoms with Crippen molar-refractivity contribution in [3.05, 3.63) is 131 Å². The van der Waals surface area contributed by atoms with Gasteiger partial charge in [-0.25, -0.2) is 0 Å². The summed E-state index contributed by atoms with van der Waals surface area (Å²) in [4.78, 5) is 0. The van der Waals surface area contributed by atoms with Crippen molar-refractivity contribution in [3.8, 4) is 34.5 Å². The molecule has 0 amide bonds. The number of nitrogens with one attached hydrogen (secondary N) is 1. The molecule has 10 nitrogen and oxygen atoms in total. The van der Waals surface area contributed by atoms with Crippen molar-refractivity contribution in [2.24, 2.45) is 0 Å². The first-order valence-corrected chi connectivity index (χ1v) is 19.7. The van der Waals surface area contributed by atoms with Gasteiger partial charge in [-0.1, -0.05) is 78.9 Å². The molecule has 1 saturated heterocycles. The van der Waals surface area contributed by atoms with Gasteiger partial charge in [0.1, 0.15) is 34.5 Å². The van der Waals surface area contributed by atoms with Crippen molar-refractivity contribution in [2.45, 2.75) is 44.4 Å². The third-order valence-corrected chi connectivity index (χ3v) is 10.7. The largest absolute Gasteiger partial charge is 0.496 e. The van der Waals surface area contributed by atoms with E-state index >= 15 is 0 Å². The molecular weight excluding hydrogens is 735 g/mol. The van der Waals surface area contributed by atoms with E-state index in [9.17, 15) is 0 Å². The van der Waals surface area contributed by atoms with Crippen LogP contribution in [-0.2, 0) is 34.0 Å². The van der Waals surface area contributed by atoms with Gasteiger partial charge in [0, 0.05) is 63.7 Å². The van der Waals surface area contributed by atoms with E-state index in [4.69, 9.17) is 42.6 Å². The second-order valence-corrected chi connectivity index (χ2v) is 14.2. The zero-order valence-electron chi connectivity index (χ0n) is 34.0. The van der Waals surface area contributed by atoms with Crippen LogP contribution in [0.5, 0.6) is 34.5 Å². The van der Waals surface area contributed by atoms with Gasteiger partial charge in [-0.2, -0.15) is 0 Å². The Labute approximate surface area is 340 Å². The third-order valence-electron chi connectivity index (χ3n) is 10.7. The molecule has 6 aromatic rings. The van der Waals surface area contributed by atoms with Gasteiger partial charge in [0.15, 0.2) is 0 Å². The lowest BCUT2D eigenvalue weighted by atomic mass is 9.85. The van der Waals surface area contributed by atoms with E-state index in [1.165, 1.54) is 0 Å². The summed E-state index contributed by atoms with van der Waals surface area (Å²) in [6, 6.07) is 36.4. The van der Waals surface area contributed by atoms with Crippen molar-refractivity contribution in [1.29, 1.82) is 0 Å². The van der Waals surface area contributed by atoms with E-state index in [-0.39, 0.29) is 18.1 Å². The highest BCUT2D eigenvalue weighted by atomic mass is 16.5. The quantitative estimate of drug-likeness (QED) is 0.0803. The van der Waals surface area contributed by atoms with Crippen LogP contribution in [0.25, 0.3) is 21.5 Å². The molecule has 1 heterocycles.